The summed E-state index contributed by atoms with van der Waals surface area (Å²) in [4.78, 5) is 13.3. The minimum absolute atomic E-state index is 0.0469. The highest BCUT2D eigenvalue weighted by Gasteiger charge is 2.17. The third kappa shape index (κ3) is 1.72. The summed E-state index contributed by atoms with van der Waals surface area (Å²) in [6.07, 6.45) is 1.03. The van der Waals surface area contributed by atoms with Crippen molar-refractivity contribution < 1.29 is 5.11 Å². The van der Waals surface area contributed by atoms with Gasteiger partial charge < -0.3 is 10.4 Å². The van der Waals surface area contributed by atoms with Crippen LogP contribution in [0.1, 0.15) is 17.9 Å². The van der Waals surface area contributed by atoms with Crippen LogP contribution in [-0.2, 0) is 0 Å². The Bertz CT molecular complexity index is 353. The summed E-state index contributed by atoms with van der Waals surface area (Å²) in [5.41, 5.74) is 0.688. The van der Waals surface area contributed by atoms with Gasteiger partial charge >= 0.3 is 0 Å². The van der Waals surface area contributed by atoms with Crippen molar-refractivity contribution in [3.05, 3.63) is 28.0 Å². The van der Waals surface area contributed by atoms with Gasteiger partial charge in [0.25, 0.3) is 5.56 Å². The minimum Gasteiger partial charge on any atom is -0.495 e. The maximum absolute atomic E-state index is 11.0. The molecule has 2 heterocycles. The normalized spacial score (nSPS) is 22.0. The zero-order valence-electron chi connectivity index (χ0n) is 7.21. The lowest BCUT2D eigenvalue weighted by Gasteiger charge is -2.07. The summed E-state index contributed by atoms with van der Waals surface area (Å²) >= 11 is 0. The number of aromatic nitrogens is 1. The second-order valence-electron chi connectivity index (χ2n) is 3.35. The molecule has 1 aromatic rings. The number of hydrogen-bond acceptors (Lipinski definition) is 3. The molecule has 1 aromatic heterocycles. The Balaban J connectivity index is 2.33. The molecule has 1 aliphatic heterocycles. The molecule has 0 bridgehead atoms. The van der Waals surface area contributed by atoms with Crippen molar-refractivity contribution in [2.45, 2.75) is 12.3 Å². The van der Waals surface area contributed by atoms with Crippen molar-refractivity contribution in [2.75, 3.05) is 13.1 Å². The first-order chi connectivity index (χ1) is 6.25. The van der Waals surface area contributed by atoms with E-state index in [1.807, 2.05) is 0 Å². The van der Waals surface area contributed by atoms with Gasteiger partial charge in [0.15, 0.2) is 5.88 Å². The standard InChI is InChI=1S/C9H12N2O2/c12-8-3-7(4-9(13)11-8)6-1-2-10-5-6/h3-4,6,10H,1-2,5H2,(H2,11,12,13). The maximum atomic E-state index is 11.0. The lowest BCUT2D eigenvalue weighted by Crippen LogP contribution is -2.11. The number of aromatic amines is 1. The van der Waals surface area contributed by atoms with Gasteiger partial charge in [0, 0.05) is 18.7 Å². The fourth-order valence-corrected chi connectivity index (χ4v) is 1.72. The molecule has 1 fully saturated rings. The van der Waals surface area contributed by atoms with Gasteiger partial charge in [-0.25, -0.2) is 0 Å². The first-order valence-corrected chi connectivity index (χ1v) is 4.39. The van der Waals surface area contributed by atoms with Crippen molar-refractivity contribution in [3.63, 3.8) is 0 Å². The fourth-order valence-electron chi connectivity index (χ4n) is 1.72. The number of pyridine rings is 1. The molecule has 1 atom stereocenters. The molecular weight excluding hydrogens is 168 g/mol. The highest BCUT2D eigenvalue weighted by molar-refractivity contribution is 5.24. The van der Waals surface area contributed by atoms with E-state index >= 15 is 0 Å². The number of nitrogens with one attached hydrogen (secondary N) is 2. The van der Waals surface area contributed by atoms with Gasteiger partial charge in [-0.15, -0.1) is 0 Å². The molecule has 70 valence electrons. The molecule has 1 saturated heterocycles. The highest BCUT2D eigenvalue weighted by Crippen LogP contribution is 2.22. The summed E-state index contributed by atoms with van der Waals surface area (Å²) in [6.45, 7) is 1.88. The van der Waals surface area contributed by atoms with E-state index in [0.29, 0.717) is 5.92 Å². The lowest BCUT2D eigenvalue weighted by molar-refractivity contribution is 0.450. The Morgan fingerprint density at radius 1 is 1.46 bits per heavy atom. The summed E-state index contributed by atoms with van der Waals surface area (Å²) in [5.74, 6) is 0.322. The molecule has 0 radical (unpaired) electrons. The Morgan fingerprint density at radius 2 is 2.31 bits per heavy atom. The molecule has 0 aromatic carbocycles. The van der Waals surface area contributed by atoms with E-state index in [4.69, 9.17) is 0 Å². The van der Waals surface area contributed by atoms with Gasteiger partial charge in [-0.3, -0.25) is 9.78 Å². The van der Waals surface area contributed by atoms with Crippen molar-refractivity contribution in [3.8, 4) is 5.88 Å². The monoisotopic (exact) mass is 180 g/mol. The number of rotatable bonds is 1. The molecule has 4 heteroatoms. The zero-order chi connectivity index (χ0) is 9.26. The molecule has 2 rings (SSSR count). The first kappa shape index (κ1) is 8.31. The van der Waals surface area contributed by atoms with Crippen molar-refractivity contribution in [1.29, 1.82) is 0 Å². The number of hydrogen-bond donors (Lipinski definition) is 3. The summed E-state index contributed by atoms with van der Waals surface area (Å²) in [7, 11) is 0. The van der Waals surface area contributed by atoms with E-state index in [9.17, 15) is 9.90 Å². The second kappa shape index (κ2) is 3.22. The van der Waals surface area contributed by atoms with Crippen LogP contribution in [0.25, 0.3) is 0 Å². The summed E-state index contributed by atoms with van der Waals surface area (Å²) < 4.78 is 0. The number of aromatic hydroxyl groups is 1. The third-order valence-corrected chi connectivity index (χ3v) is 2.38. The second-order valence-corrected chi connectivity index (χ2v) is 3.35. The van der Waals surface area contributed by atoms with E-state index in [-0.39, 0.29) is 11.4 Å². The molecule has 0 amide bonds. The van der Waals surface area contributed by atoms with Crippen LogP contribution in [0.4, 0.5) is 0 Å². The Morgan fingerprint density at radius 3 is 2.92 bits per heavy atom. The molecule has 4 nitrogen and oxygen atoms in total. The van der Waals surface area contributed by atoms with E-state index in [2.05, 4.69) is 10.3 Å². The van der Waals surface area contributed by atoms with Gasteiger partial charge in [0.1, 0.15) is 0 Å². The van der Waals surface area contributed by atoms with Crippen LogP contribution in [0.15, 0.2) is 16.9 Å². The Labute approximate surface area is 75.6 Å². The van der Waals surface area contributed by atoms with Crippen molar-refractivity contribution in [2.24, 2.45) is 0 Å². The average Bonchev–Trinajstić information content (AvgIpc) is 2.53. The van der Waals surface area contributed by atoms with Gasteiger partial charge in [0.05, 0.1) is 0 Å². The predicted octanol–water partition coefficient (Wildman–Crippen LogP) is 0.157. The molecule has 0 spiro atoms. The van der Waals surface area contributed by atoms with E-state index in [1.54, 1.807) is 12.1 Å². The zero-order valence-corrected chi connectivity index (χ0v) is 7.21. The molecule has 1 unspecified atom stereocenters. The third-order valence-electron chi connectivity index (χ3n) is 2.38. The number of H-pyrrole nitrogens is 1. The van der Waals surface area contributed by atoms with Crippen LogP contribution >= 0.6 is 0 Å². The molecule has 0 aliphatic carbocycles. The molecule has 1 aliphatic rings. The molecule has 13 heavy (non-hydrogen) atoms. The van der Waals surface area contributed by atoms with Gasteiger partial charge in [-0.1, -0.05) is 0 Å². The van der Waals surface area contributed by atoms with Crippen LogP contribution in [0.2, 0.25) is 0 Å². The largest absolute Gasteiger partial charge is 0.495 e. The van der Waals surface area contributed by atoms with Crippen molar-refractivity contribution >= 4 is 0 Å². The SMILES string of the molecule is O=c1cc(C2CCNC2)cc(O)[nH]1. The van der Waals surface area contributed by atoms with Crippen LogP contribution in [0.3, 0.4) is 0 Å². The molecular formula is C9H12N2O2. The van der Waals surface area contributed by atoms with Gasteiger partial charge in [-0.05, 0) is 24.4 Å². The maximum Gasteiger partial charge on any atom is 0.250 e. The van der Waals surface area contributed by atoms with Crippen LogP contribution in [0.5, 0.6) is 5.88 Å². The molecule has 0 saturated carbocycles. The fraction of sp³-hybridized carbons (Fsp3) is 0.444. The van der Waals surface area contributed by atoms with E-state index < -0.39 is 0 Å². The Kier molecular flexibility index (Phi) is 2.06. The molecule has 3 N–H and O–H groups in total. The first-order valence-electron chi connectivity index (χ1n) is 4.39. The van der Waals surface area contributed by atoms with Gasteiger partial charge in [-0.2, -0.15) is 0 Å². The van der Waals surface area contributed by atoms with Crippen LogP contribution in [0, 0.1) is 0 Å². The quantitative estimate of drug-likeness (QED) is 0.576. The van der Waals surface area contributed by atoms with Crippen LogP contribution in [-0.4, -0.2) is 23.2 Å². The predicted molar refractivity (Wildman–Crippen MR) is 49.0 cm³/mol. The van der Waals surface area contributed by atoms with Crippen molar-refractivity contribution in [1.82, 2.24) is 10.3 Å². The van der Waals surface area contributed by atoms with E-state index in [0.717, 1.165) is 25.1 Å². The van der Waals surface area contributed by atoms with Crippen LogP contribution < -0.4 is 10.9 Å². The summed E-state index contributed by atoms with van der Waals surface area (Å²) in [5, 5.41) is 12.4. The highest BCUT2D eigenvalue weighted by atomic mass is 16.3. The summed E-state index contributed by atoms with van der Waals surface area (Å²) in [6, 6.07) is 3.18. The minimum atomic E-state index is -0.234. The van der Waals surface area contributed by atoms with E-state index in [1.165, 1.54) is 0 Å². The Hall–Kier alpha value is -1.29. The smallest absolute Gasteiger partial charge is 0.250 e. The average molecular weight is 180 g/mol. The topological polar surface area (TPSA) is 65.1 Å². The van der Waals surface area contributed by atoms with Gasteiger partial charge in [0.2, 0.25) is 0 Å². The lowest BCUT2D eigenvalue weighted by atomic mass is 10.00.